The molecule has 1 N–H and O–H groups in total. The first kappa shape index (κ1) is 21.9. The average molecular weight is 461 g/mol. The number of carbonyl (C=O) groups is 1. The number of nitrogens with zero attached hydrogens (tertiary/aromatic N) is 3. The number of thioether (sulfide) groups is 1. The maximum absolute atomic E-state index is 13.3. The van der Waals surface area contributed by atoms with Gasteiger partial charge in [-0.05, 0) is 37.5 Å². The molecular weight excluding hydrogens is 436 g/mol. The van der Waals surface area contributed by atoms with Gasteiger partial charge in [0, 0.05) is 26.5 Å². The zero-order valence-electron chi connectivity index (χ0n) is 17.4. The van der Waals surface area contributed by atoms with Crippen LogP contribution in [-0.4, -0.2) is 64.0 Å². The van der Waals surface area contributed by atoms with Crippen molar-refractivity contribution in [3.63, 3.8) is 0 Å². The van der Waals surface area contributed by atoms with Gasteiger partial charge in [0.25, 0.3) is 11.5 Å². The number of methoxy groups -OCH3 is 1. The van der Waals surface area contributed by atoms with Crippen molar-refractivity contribution < 1.29 is 14.3 Å². The number of rotatable bonds is 7. The molecule has 2 saturated heterocycles. The van der Waals surface area contributed by atoms with Gasteiger partial charge < -0.3 is 14.8 Å². The number of ether oxygens (including phenoxy) is 2. The van der Waals surface area contributed by atoms with E-state index in [1.807, 2.05) is 13.0 Å². The molecule has 0 spiro atoms. The first-order valence-corrected chi connectivity index (χ1v) is 11.3. The Hall–Kier alpha value is -2.27. The van der Waals surface area contributed by atoms with E-state index in [2.05, 4.69) is 5.32 Å². The highest BCUT2D eigenvalue weighted by Crippen LogP contribution is 2.33. The minimum atomic E-state index is -0.245. The van der Waals surface area contributed by atoms with Gasteiger partial charge in [-0.1, -0.05) is 30.0 Å². The van der Waals surface area contributed by atoms with E-state index >= 15 is 0 Å². The fourth-order valence-corrected chi connectivity index (χ4v) is 4.89. The smallest absolute Gasteiger partial charge is 0.267 e. The Labute approximate surface area is 189 Å². The second-order valence-corrected chi connectivity index (χ2v) is 9.08. The number of hydrogen-bond acceptors (Lipinski definition) is 8. The zero-order valence-corrected chi connectivity index (χ0v) is 19.1. The van der Waals surface area contributed by atoms with E-state index < -0.39 is 0 Å². The lowest BCUT2D eigenvalue weighted by atomic mass is 10.2. The van der Waals surface area contributed by atoms with E-state index in [1.54, 1.807) is 25.4 Å². The molecule has 0 radical (unpaired) electrons. The van der Waals surface area contributed by atoms with Crippen LogP contribution < -0.4 is 10.9 Å². The summed E-state index contributed by atoms with van der Waals surface area (Å²) in [6.45, 7) is 3.95. The SMILES string of the molecule is COCCN1C(=O)/C(=C\c2c(NC[C@@H]3CCCO3)nc3c(C)cccn3c2=O)SC1=S. The number of thiocarbonyl (C=S) groups is 1. The Morgan fingerprint density at radius 2 is 2.29 bits per heavy atom. The molecule has 4 rings (SSSR count). The molecule has 2 aromatic heterocycles. The second kappa shape index (κ2) is 9.47. The minimum Gasteiger partial charge on any atom is -0.383 e. The highest BCUT2D eigenvalue weighted by molar-refractivity contribution is 8.26. The Kier molecular flexibility index (Phi) is 6.71. The van der Waals surface area contributed by atoms with Gasteiger partial charge in [0.2, 0.25) is 0 Å². The van der Waals surface area contributed by atoms with Crippen LogP contribution in [0.4, 0.5) is 5.82 Å². The van der Waals surface area contributed by atoms with Gasteiger partial charge in [0.15, 0.2) is 0 Å². The summed E-state index contributed by atoms with van der Waals surface area (Å²) >= 11 is 6.53. The predicted octanol–water partition coefficient (Wildman–Crippen LogP) is 2.44. The van der Waals surface area contributed by atoms with Gasteiger partial charge in [-0.25, -0.2) is 4.98 Å². The second-order valence-electron chi connectivity index (χ2n) is 7.41. The Morgan fingerprint density at radius 3 is 3.03 bits per heavy atom. The molecule has 0 aliphatic carbocycles. The van der Waals surface area contributed by atoms with Gasteiger partial charge >= 0.3 is 0 Å². The topological polar surface area (TPSA) is 85.2 Å². The number of anilines is 1. The fraction of sp³-hybridized carbons (Fsp3) is 0.429. The molecule has 164 valence electrons. The van der Waals surface area contributed by atoms with Crippen molar-refractivity contribution in [3.8, 4) is 0 Å². The van der Waals surface area contributed by atoms with Crippen LogP contribution in [0.3, 0.4) is 0 Å². The minimum absolute atomic E-state index is 0.0808. The van der Waals surface area contributed by atoms with E-state index in [0.29, 0.717) is 46.0 Å². The molecule has 2 fully saturated rings. The van der Waals surface area contributed by atoms with Gasteiger partial charge in [-0.3, -0.25) is 18.9 Å². The number of nitrogens with one attached hydrogen (secondary N) is 1. The predicted molar refractivity (Wildman–Crippen MR) is 125 cm³/mol. The highest BCUT2D eigenvalue weighted by atomic mass is 32.2. The lowest BCUT2D eigenvalue weighted by Crippen LogP contribution is -2.31. The Bertz CT molecular complexity index is 1110. The van der Waals surface area contributed by atoms with E-state index in [4.69, 9.17) is 26.7 Å². The van der Waals surface area contributed by atoms with Crippen molar-refractivity contribution in [3.05, 3.63) is 44.7 Å². The van der Waals surface area contributed by atoms with Crippen molar-refractivity contribution in [2.75, 3.05) is 38.7 Å². The van der Waals surface area contributed by atoms with Crippen LogP contribution >= 0.6 is 24.0 Å². The number of fused-ring (bicyclic) bond motifs is 1. The Balaban J connectivity index is 1.74. The van der Waals surface area contributed by atoms with Crippen LogP contribution in [0.2, 0.25) is 0 Å². The van der Waals surface area contributed by atoms with Gasteiger partial charge in [0.05, 0.1) is 29.7 Å². The summed E-state index contributed by atoms with van der Waals surface area (Å²) in [6.07, 6.45) is 5.34. The summed E-state index contributed by atoms with van der Waals surface area (Å²) in [7, 11) is 1.57. The monoisotopic (exact) mass is 460 g/mol. The summed E-state index contributed by atoms with van der Waals surface area (Å²) in [5.74, 6) is 0.211. The molecule has 1 atom stereocenters. The molecule has 31 heavy (non-hydrogen) atoms. The molecule has 10 heteroatoms. The summed E-state index contributed by atoms with van der Waals surface area (Å²) in [6, 6.07) is 3.71. The quantitative estimate of drug-likeness (QED) is 0.498. The summed E-state index contributed by atoms with van der Waals surface area (Å²) in [5.41, 5.74) is 1.54. The number of aromatic nitrogens is 2. The van der Waals surface area contributed by atoms with Crippen LogP contribution in [0.5, 0.6) is 0 Å². The van der Waals surface area contributed by atoms with E-state index in [0.717, 1.165) is 25.0 Å². The number of pyridine rings is 1. The molecule has 4 heterocycles. The summed E-state index contributed by atoms with van der Waals surface area (Å²) in [4.78, 5) is 32.8. The van der Waals surface area contributed by atoms with Crippen molar-refractivity contribution >= 4 is 51.7 Å². The van der Waals surface area contributed by atoms with E-state index in [1.165, 1.54) is 21.1 Å². The maximum Gasteiger partial charge on any atom is 0.267 e. The van der Waals surface area contributed by atoms with Crippen molar-refractivity contribution in [2.24, 2.45) is 0 Å². The van der Waals surface area contributed by atoms with Crippen molar-refractivity contribution in [1.29, 1.82) is 0 Å². The lowest BCUT2D eigenvalue weighted by Gasteiger charge is -2.15. The molecule has 0 aromatic carbocycles. The molecule has 0 unspecified atom stereocenters. The molecule has 2 aliphatic rings. The van der Waals surface area contributed by atoms with Gasteiger partial charge in [-0.15, -0.1) is 0 Å². The van der Waals surface area contributed by atoms with Crippen molar-refractivity contribution in [2.45, 2.75) is 25.9 Å². The molecule has 2 aromatic rings. The average Bonchev–Trinajstić information content (AvgIpc) is 3.36. The third-order valence-electron chi connectivity index (χ3n) is 5.27. The van der Waals surface area contributed by atoms with E-state index in [9.17, 15) is 9.59 Å². The molecular formula is C21H24N4O4S2. The number of hydrogen-bond donors (Lipinski definition) is 1. The molecule has 0 saturated carbocycles. The normalized spacial score (nSPS) is 20.4. The fourth-order valence-electron chi connectivity index (χ4n) is 3.60. The molecule has 2 aliphatic heterocycles. The van der Waals surface area contributed by atoms with Crippen LogP contribution in [0.15, 0.2) is 28.0 Å². The molecule has 0 bridgehead atoms. The third-order valence-corrected chi connectivity index (χ3v) is 6.65. The van der Waals surface area contributed by atoms with Gasteiger partial charge in [-0.2, -0.15) is 0 Å². The van der Waals surface area contributed by atoms with Crippen LogP contribution in [0.1, 0.15) is 24.0 Å². The van der Waals surface area contributed by atoms with Crippen LogP contribution in [-0.2, 0) is 14.3 Å². The standard InChI is InChI=1S/C21H24N4O4S2/c1-13-5-3-7-24-18(13)23-17(22-12-14-6-4-9-29-14)15(19(24)26)11-16-20(27)25(8-10-28-2)21(30)31-16/h3,5,7,11,14,22H,4,6,8-10,12H2,1-2H3/b16-11+/t14-/m0/s1. The van der Waals surface area contributed by atoms with Crippen LogP contribution in [0, 0.1) is 6.92 Å². The first-order chi connectivity index (χ1) is 15.0. The first-order valence-electron chi connectivity index (χ1n) is 10.1. The highest BCUT2D eigenvalue weighted by Gasteiger charge is 2.32. The summed E-state index contributed by atoms with van der Waals surface area (Å²) in [5, 5.41) is 3.28. The van der Waals surface area contributed by atoms with E-state index in [-0.39, 0.29) is 17.6 Å². The van der Waals surface area contributed by atoms with Crippen molar-refractivity contribution in [1.82, 2.24) is 14.3 Å². The molecule has 1 amide bonds. The van der Waals surface area contributed by atoms with Gasteiger partial charge in [0.1, 0.15) is 15.8 Å². The van der Waals surface area contributed by atoms with Crippen LogP contribution in [0.25, 0.3) is 11.7 Å². The summed E-state index contributed by atoms with van der Waals surface area (Å²) < 4.78 is 12.7. The zero-order chi connectivity index (χ0) is 22.0. The largest absolute Gasteiger partial charge is 0.383 e. The number of carbonyl (C=O) groups excluding carboxylic acids is 1. The third kappa shape index (κ3) is 4.52. The number of aryl methyl sites for hydroxylation is 1. The molecule has 8 nitrogen and oxygen atoms in total. The number of amides is 1. The maximum atomic E-state index is 13.3. The lowest BCUT2D eigenvalue weighted by molar-refractivity contribution is -0.122. The Morgan fingerprint density at radius 1 is 1.45 bits per heavy atom.